The van der Waals surface area contributed by atoms with Crippen LogP contribution in [0.25, 0.3) is 22.0 Å². The number of hydrogen-bond donors (Lipinski definition) is 4. The molecule has 0 saturated carbocycles. The summed E-state index contributed by atoms with van der Waals surface area (Å²) in [6.45, 7) is 2.32. The van der Waals surface area contributed by atoms with Crippen molar-refractivity contribution in [1.29, 1.82) is 0 Å². The highest BCUT2D eigenvalue weighted by atomic mass is 32.3. The van der Waals surface area contributed by atoms with Crippen molar-refractivity contribution in [3.8, 4) is 11.1 Å². The number of anilines is 1. The number of alkyl halides is 3. The van der Waals surface area contributed by atoms with Crippen molar-refractivity contribution in [3.05, 3.63) is 52.7 Å². The van der Waals surface area contributed by atoms with Gasteiger partial charge in [-0.15, -0.1) is 10.8 Å². The van der Waals surface area contributed by atoms with Gasteiger partial charge < -0.3 is 9.88 Å². The highest BCUT2D eigenvalue weighted by Crippen LogP contribution is 2.54. The van der Waals surface area contributed by atoms with Gasteiger partial charge in [-0.1, -0.05) is 12.1 Å². The predicted molar refractivity (Wildman–Crippen MR) is 118 cm³/mol. The maximum absolute atomic E-state index is 12.9. The fourth-order valence-corrected chi connectivity index (χ4v) is 5.02. The zero-order valence-corrected chi connectivity index (χ0v) is 18.1. The molecule has 1 aliphatic heterocycles. The molecule has 1 atom stereocenters. The summed E-state index contributed by atoms with van der Waals surface area (Å²) >= 11 is 0. The molecular formula is C20H22F3N5O3S. The van der Waals surface area contributed by atoms with Crippen LogP contribution >= 0.6 is 10.8 Å². The van der Waals surface area contributed by atoms with E-state index in [1.165, 1.54) is 36.3 Å². The normalized spacial score (nSPS) is 21.6. The Bertz CT molecular complexity index is 1230. The van der Waals surface area contributed by atoms with Crippen LogP contribution in [-0.4, -0.2) is 41.5 Å². The van der Waals surface area contributed by atoms with Gasteiger partial charge in [0.25, 0.3) is 5.56 Å². The fraction of sp³-hybridized carbons (Fsp3) is 0.350. The van der Waals surface area contributed by atoms with Crippen LogP contribution in [0.3, 0.4) is 0 Å². The van der Waals surface area contributed by atoms with Crippen molar-refractivity contribution in [2.45, 2.75) is 24.3 Å². The first-order valence-electron chi connectivity index (χ1n) is 9.71. The van der Waals surface area contributed by atoms with Crippen LogP contribution < -0.4 is 15.6 Å². The maximum atomic E-state index is 12.9. The lowest BCUT2D eigenvalue weighted by Crippen LogP contribution is -2.38. The van der Waals surface area contributed by atoms with E-state index in [1.54, 1.807) is 6.92 Å². The molecule has 1 fully saturated rings. The second kappa shape index (κ2) is 7.73. The number of benzene rings is 1. The minimum atomic E-state index is -4.46. The van der Waals surface area contributed by atoms with E-state index in [2.05, 4.69) is 20.0 Å². The van der Waals surface area contributed by atoms with E-state index in [0.29, 0.717) is 24.1 Å². The summed E-state index contributed by atoms with van der Waals surface area (Å²) in [4.78, 5) is 21.6. The number of aromatic nitrogens is 3. The first kappa shape index (κ1) is 22.5. The van der Waals surface area contributed by atoms with Crippen LogP contribution in [0, 0.1) is 0 Å². The first-order chi connectivity index (χ1) is 14.9. The molecule has 12 heteroatoms. The van der Waals surface area contributed by atoms with E-state index in [-0.39, 0.29) is 28.8 Å². The highest BCUT2D eigenvalue weighted by molar-refractivity contribution is 8.24. The second-order valence-corrected chi connectivity index (χ2v) is 10.3. The molecular weight excluding hydrogens is 447 g/mol. The van der Waals surface area contributed by atoms with Crippen molar-refractivity contribution in [3.63, 3.8) is 0 Å². The Morgan fingerprint density at radius 2 is 1.94 bits per heavy atom. The zero-order valence-electron chi connectivity index (χ0n) is 17.3. The lowest BCUT2D eigenvalue weighted by atomic mass is 10.0. The van der Waals surface area contributed by atoms with Crippen molar-refractivity contribution < 1.29 is 22.3 Å². The number of nitrogens with zero attached hydrogens (tertiary/aromatic N) is 3. The van der Waals surface area contributed by atoms with E-state index in [9.17, 15) is 27.1 Å². The van der Waals surface area contributed by atoms with E-state index >= 15 is 0 Å². The average Bonchev–Trinajstić information content (AvgIpc) is 3.00. The third-order valence-corrected chi connectivity index (χ3v) is 8.07. The molecule has 0 aliphatic carbocycles. The van der Waals surface area contributed by atoms with Crippen molar-refractivity contribution in [1.82, 2.24) is 19.3 Å². The van der Waals surface area contributed by atoms with Gasteiger partial charge in [-0.2, -0.15) is 13.2 Å². The van der Waals surface area contributed by atoms with E-state index in [1.807, 2.05) is 0 Å². The summed E-state index contributed by atoms with van der Waals surface area (Å²) in [5.74, 6) is 0.215. The summed E-state index contributed by atoms with van der Waals surface area (Å²) in [7, 11) is -1.50. The molecule has 0 radical (unpaired) electrons. The smallest absolute Gasteiger partial charge is 0.367 e. The van der Waals surface area contributed by atoms with Gasteiger partial charge in [0.1, 0.15) is 11.2 Å². The molecule has 3 heterocycles. The summed E-state index contributed by atoms with van der Waals surface area (Å²) in [5.41, 5.74) is -0.0382. The summed E-state index contributed by atoms with van der Waals surface area (Å²) in [5, 5.41) is 3.21. The van der Waals surface area contributed by atoms with Gasteiger partial charge in [0, 0.05) is 31.9 Å². The van der Waals surface area contributed by atoms with Crippen LogP contribution in [0.2, 0.25) is 0 Å². The van der Waals surface area contributed by atoms with Gasteiger partial charge in [-0.05, 0) is 31.0 Å². The van der Waals surface area contributed by atoms with Gasteiger partial charge in [0.15, 0.2) is 0 Å². The number of nitrogens with one attached hydrogen (secondary N) is 2. The van der Waals surface area contributed by atoms with Gasteiger partial charge >= 0.3 is 6.18 Å². The molecule has 4 rings (SSSR count). The van der Waals surface area contributed by atoms with E-state index in [4.69, 9.17) is 0 Å². The number of halogens is 3. The third-order valence-electron chi connectivity index (χ3n) is 5.74. The predicted octanol–water partition coefficient (Wildman–Crippen LogP) is 3.84. The Balaban J connectivity index is 1.77. The molecule has 4 N–H and O–H groups in total. The molecule has 0 amide bonds. The van der Waals surface area contributed by atoms with E-state index < -0.39 is 27.3 Å². The van der Waals surface area contributed by atoms with Crippen molar-refractivity contribution in [2.75, 3.05) is 18.4 Å². The Morgan fingerprint density at radius 3 is 2.53 bits per heavy atom. The molecule has 0 bridgehead atoms. The number of aryl methyl sites for hydroxylation is 1. The summed E-state index contributed by atoms with van der Waals surface area (Å²) in [6.07, 6.45) is -1.17. The van der Waals surface area contributed by atoms with Crippen LogP contribution in [-0.2, 0) is 13.2 Å². The van der Waals surface area contributed by atoms with Crippen LogP contribution in [0.15, 0.2) is 41.6 Å². The molecule has 0 spiro atoms. The van der Waals surface area contributed by atoms with Gasteiger partial charge in [-0.25, -0.2) is 14.7 Å². The Hall–Kier alpha value is -2.67. The summed E-state index contributed by atoms with van der Waals surface area (Å²) < 4.78 is 62.4. The first-order valence-corrected chi connectivity index (χ1v) is 11.3. The number of pyridine rings is 1. The Labute approximate surface area is 183 Å². The number of hydrogen-bond acceptors (Lipinski definition) is 7. The molecule has 32 heavy (non-hydrogen) atoms. The maximum Gasteiger partial charge on any atom is 0.416 e. The molecule has 2 aromatic heterocycles. The van der Waals surface area contributed by atoms with Gasteiger partial charge in [0.2, 0.25) is 0 Å². The van der Waals surface area contributed by atoms with E-state index in [0.717, 1.165) is 12.1 Å². The molecule has 3 aromatic rings. The standard InChI is InChI=1S/C20H22F3N5O3S/c1-19(7-8-27-32(19,30)31)10-25-17-15-16(26-11-28(2)18(15)29)14(9-24-17)12-3-5-13(6-4-12)20(21,22)23/h3-6,9,11,27,30-31H,7-8,10H2,1-2H3,(H,24,25). The average molecular weight is 469 g/mol. The lowest BCUT2D eigenvalue weighted by molar-refractivity contribution is -0.137. The lowest BCUT2D eigenvalue weighted by Gasteiger charge is -2.42. The van der Waals surface area contributed by atoms with Gasteiger partial charge in [-0.3, -0.25) is 13.9 Å². The highest BCUT2D eigenvalue weighted by Gasteiger charge is 2.43. The Morgan fingerprint density at radius 1 is 1.25 bits per heavy atom. The minimum absolute atomic E-state index is 0.141. The molecule has 1 saturated heterocycles. The van der Waals surface area contributed by atoms with Crippen molar-refractivity contribution in [2.24, 2.45) is 7.05 Å². The number of fused-ring (bicyclic) bond motifs is 1. The van der Waals surface area contributed by atoms with Crippen LogP contribution in [0.4, 0.5) is 19.0 Å². The largest absolute Gasteiger partial charge is 0.416 e. The monoisotopic (exact) mass is 469 g/mol. The molecule has 1 unspecified atom stereocenters. The fourth-order valence-electron chi connectivity index (χ4n) is 3.63. The summed E-state index contributed by atoms with van der Waals surface area (Å²) in [6, 6.07) is 4.55. The number of rotatable bonds is 4. The molecule has 8 nitrogen and oxygen atoms in total. The molecule has 1 aromatic carbocycles. The zero-order chi connectivity index (χ0) is 23.3. The minimum Gasteiger partial charge on any atom is -0.367 e. The topological polar surface area (TPSA) is 112 Å². The molecule has 172 valence electrons. The van der Waals surface area contributed by atoms with Crippen molar-refractivity contribution >= 4 is 27.5 Å². The van der Waals surface area contributed by atoms with Gasteiger partial charge in [0.05, 0.1) is 22.2 Å². The molecule has 1 aliphatic rings. The van der Waals surface area contributed by atoms with Crippen LogP contribution in [0.1, 0.15) is 18.9 Å². The van der Waals surface area contributed by atoms with Crippen LogP contribution in [0.5, 0.6) is 0 Å². The quantitative estimate of drug-likeness (QED) is 0.459. The third kappa shape index (κ3) is 3.83. The second-order valence-electron chi connectivity index (χ2n) is 7.98. The SMILES string of the molecule is Cn1cnc2c(-c3ccc(C(F)(F)F)cc3)cnc(NCC3(C)CCNS3(O)O)c2c1=O. The Kier molecular flexibility index (Phi) is 5.44.